The van der Waals surface area contributed by atoms with Crippen LogP contribution in [0.1, 0.15) is 44.9 Å². The molecule has 0 amide bonds. The second kappa shape index (κ2) is 5.72. The first kappa shape index (κ1) is 10.4. The molecule has 1 saturated heterocycles. The lowest BCUT2D eigenvalue weighted by Gasteiger charge is -2.35. The molecule has 1 heterocycles. The molecule has 1 aliphatic heterocycles. The van der Waals surface area contributed by atoms with Crippen LogP contribution in [0.5, 0.6) is 0 Å². The first-order valence-corrected chi connectivity index (χ1v) is 6.41. The SMILES string of the molecule is C1CCC(N2CCCNCCC2)CC1. The van der Waals surface area contributed by atoms with Crippen molar-refractivity contribution in [3.8, 4) is 0 Å². The number of nitrogens with zero attached hydrogens (tertiary/aromatic N) is 1. The minimum Gasteiger partial charge on any atom is -0.317 e. The lowest BCUT2D eigenvalue weighted by molar-refractivity contribution is 0.146. The lowest BCUT2D eigenvalue weighted by atomic mass is 9.94. The monoisotopic (exact) mass is 196 g/mol. The van der Waals surface area contributed by atoms with E-state index in [2.05, 4.69) is 10.2 Å². The number of rotatable bonds is 1. The molecule has 14 heavy (non-hydrogen) atoms. The number of hydrogen-bond donors (Lipinski definition) is 1. The van der Waals surface area contributed by atoms with Crippen LogP contribution >= 0.6 is 0 Å². The molecule has 0 aromatic carbocycles. The number of nitrogens with one attached hydrogen (secondary N) is 1. The largest absolute Gasteiger partial charge is 0.317 e. The van der Waals surface area contributed by atoms with Crippen LogP contribution in [-0.4, -0.2) is 37.1 Å². The fraction of sp³-hybridized carbons (Fsp3) is 1.00. The second-order valence-corrected chi connectivity index (χ2v) is 4.78. The third-order valence-electron chi connectivity index (χ3n) is 3.69. The summed E-state index contributed by atoms with van der Waals surface area (Å²) in [6.45, 7) is 5.11. The topological polar surface area (TPSA) is 15.3 Å². The van der Waals surface area contributed by atoms with E-state index in [-0.39, 0.29) is 0 Å². The first-order chi connectivity index (χ1) is 6.97. The van der Waals surface area contributed by atoms with Gasteiger partial charge in [0.2, 0.25) is 0 Å². The predicted octanol–water partition coefficient (Wildman–Crippen LogP) is 2.00. The second-order valence-electron chi connectivity index (χ2n) is 4.78. The van der Waals surface area contributed by atoms with E-state index >= 15 is 0 Å². The van der Waals surface area contributed by atoms with Crippen LogP contribution in [0.4, 0.5) is 0 Å². The van der Waals surface area contributed by atoms with Gasteiger partial charge in [-0.15, -0.1) is 0 Å². The predicted molar refractivity (Wildman–Crippen MR) is 60.5 cm³/mol. The van der Waals surface area contributed by atoms with Gasteiger partial charge in [-0.1, -0.05) is 19.3 Å². The summed E-state index contributed by atoms with van der Waals surface area (Å²) >= 11 is 0. The molecule has 0 spiro atoms. The van der Waals surface area contributed by atoms with E-state index in [1.807, 2.05) is 0 Å². The summed E-state index contributed by atoms with van der Waals surface area (Å²) in [6, 6.07) is 0.932. The van der Waals surface area contributed by atoms with Crippen molar-refractivity contribution < 1.29 is 0 Å². The molecule has 0 atom stereocenters. The lowest BCUT2D eigenvalue weighted by Crippen LogP contribution is -2.41. The zero-order chi connectivity index (χ0) is 9.64. The highest BCUT2D eigenvalue weighted by Crippen LogP contribution is 2.23. The summed E-state index contributed by atoms with van der Waals surface area (Å²) in [6.07, 6.45) is 10.0. The molecule has 0 aromatic heterocycles. The Bertz CT molecular complexity index is 144. The molecule has 1 saturated carbocycles. The quantitative estimate of drug-likeness (QED) is 0.690. The Labute approximate surface area is 88.1 Å². The minimum atomic E-state index is 0.932. The Morgan fingerprint density at radius 3 is 2.07 bits per heavy atom. The van der Waals surface area contributed by atoms with Crippen LogP contribution in [-0.2, 0) is 0 Å². The van der Waals surface area contributed by atoms with Crippen molar-refractivity contribution in [1.29, 1.82) is 0 Å². The Morgan fingerprint density at radius 2 is 1.43 bits per heavy atom. The smallest absolute Gasteiger partial charge is 0.00952 e. The third kappa shape index (κ3) is 2.96. The third-order valence-corrected chi connectivity index (χ3v) is 3.69. The first-order valence-electron chi connectivity index (χ1n) is 6.41. The highest BCUT2D eigenvalue weighted by atomic mass is 15.2. The van der Waals surface area contributed by atoms with Gasteiger partial charge < -0.3 is 10.2 Å². The summed E-state index contributed by atoms with van der Waals surface area (Å²) < 4.78 is 0. The highest BCUT2D eigenvalue weighted by molar-refractivity contribution is 4.77. The van der Waals surface area contributed by atoms with Crippen molar-refractivity contribution >= 4 is 0 Å². The van der Waals surface area contributed by atoms with Crippen LogP contribution < -0.4 is 5.32 Å². The minimum absolute atomic E-state index is 0.932. The van der Waals surface area contributed by atoms with Crippen molar-refractivity contribution in [3.63, 3.8) is 0 Å². The molecule has 82 valence electrons. The highest BCUT2D eigenvalue weighted by Gasteiger charge is 2.20. The summed E-state index contributed by atoms with van der Waals surface area (Å²) in [5.41, 5.74) is 0. The molecule has 1 aliphatic carbocycles. The fourth-order valence-corrected chi connectivity index (χ4v) is 2.86. The van der Waals surface area contributed by atoms with Crippen molar-refractivity contribution in [3.05, 3.63) is 0 Å². The Morgan fingerprint density at radius 1 is 0.786 bits per heavy atom. The zero-order valence-electron chi connectivity index (χ0n) is 9.30. The maximum Gasteiger partial charge on any atom is 0.00952 e. The van der Waals surface area contributed by atoms with E-state index in [4.69, 9.17) is 0 Å². The number of hydrogen-bond acceptors (Lipinski definition) is 2. The normalized spacial score (nSPS) is 28.3. The average molecular weight is 196 g/mol. The van der Waals surface area contributed by atoms with E-state index in [1.54, 1.807) is 0 Å². The molecule has 1 N–H and O–H groups in total. The molecule has 0 aromatic rings. The van der Waals surface area contributed by atoms with Crippen LogP contribution in [0.3, 0.4) is 0 Å². The van der Waals surface area contributed by atoms with Crippen molar-refractivity contribution in [2.24, 2.45) is 0 Å². The Balaban J connectivity index is 1.80. The van der Waals surface area contributed by atoms with Gasteiger partial charge >= 0.3 is 0 Å². The molecule has 2 nitrogen and oxygen atoms in total. The molecule has 0 bridgehead atoms. The average Bonchev–Trinajstić information content (AvgIpc) is 2.18. The molecule has 2 heteroatoms. The molecule has 0 unspecified atom stereocenters. The van der Waals surface area contributed by atoms with Crippen LogP contribution in [0, 0.1) is 0 Å². The molecule has 0 radical (unpaired) electrons. The van der Waals surface area contributed by atoms with Gasteiger partial charge in [0.15, 0.2) is 0 Å². The van der Waals surface area contributed by atoms with Crippen molar-refractivity contribution in [1.82, 2.24) is 10.2 Å². The van der Waals surface area contributed by atoms with Gasteiger partial charge in [-0.05, 0) is 51.9 Å². The van der Waals surface area contributed by atoms with E-state index in [9.17, 15) is 0 Å². The Hall–Kier alpha value is -0.0800. The summed E-state index contributed by atoms with van der Waals surface area (Å²) in [4.78, 5) is 2.76. The van der Waals surface area contributed by atoms with E-state index in [0.29, 0.717) is 0 Å². The van der Waals surface area contributed by atoms with E-state index < -0.39 is 0 Å². The summed E-state index contributed by atoms with van der Waals surface area (Å²) in [5, 5.41) is 3.48. The van der Waals surface area contributed by atoms with Crippen LogP contribution in [0.15, 0.2) is 0 Å². The molecular weight excluding hydrogens is 172 g/mol. The Kier molecular flexibility index (Phi) is 4.26. The maximum atomic E-state index is 3.48. The summed E-state index contributed by atoms with van der Waals surface area (Å²) in [7, 11) is 0. The summed E-state index contributed by atoms with van der Waals surface area (Å²) in [5.74, 6) is 0. The molecule has 2 aliphatic rings. The molecule has 2 fully saturated rings. The molecule has 2 rings (SSSR count). The fourth-order valence-electron chi connectivity index (χ4n) is 2.86. The van der Waals surface area contributed by atoms with Crippen LogP contribution in [0.2, 0.25) is 0 Å². The van der Waals surface area contributed by atoms with Crippen LogP contribution in [0.25, 0.3) is 0 Å². The van der Waals surface area contributed by atoms with Gasteiger partial charge in [-0.2, -0.15) is 0 Å². The van der Waals surface area contributed by atoms with Gasteiger partial charge in [0, 0.05) is 6.04 Å². The van der Waals surface area contributed by atoms with Crippen molar-refractivity contribution in [2.45, 2.75) is 51.0 Å². The maximum absolute atomic E-state index is 3.48. The van der Waals surface area contributed by atoms with Gasteiger partial charge in [0.1, 0.15) is 0 Å². The zero-order valence-corrected chi connectivity index (χ0v) is 9.30. The van der Waals surface area contributed by atoms with Gasteiger partial charge in [-0.3, -0.25) is 0 Å². The molecular formula is C12H24N2. The standard InChI is InChI=1S/C12H24N2/c1-2-6-12(7-3-1)14-10-4-8-13-9-5-11-14/h12-13H,1-11H2. The van der Waals surface area contributed by atoms with Crippen molar-refractivity contribution in [2.75, 3.05) is 26.2 Å². The van der Waals surface area contributed by atoms with Gasteiger partial charge in [0.25, 0.3) is 0 Å². The van der Waals surface area contributed by atoms with E-state index in [0.717, 1.165) is 6.04 Å². The van der Waals surface area contributed by atoms with Gasteiger partial charge in [-0.25, -0.2) is 0 Å². The van der Waals surface area contributed by atoms with E-state index in [1.165, 1.54) is 71.1 Å². The van der Waals surface area contributed by atoms with Gasteiger partial charge in [0.05, 0.1) is 0 Å².